The zero-order valence-electron chi connectivity index (χ0n) is 42.4. The Hall–Kier alpha value is -5.46. The van der Waals surface area contributed by atoms with Gasteiger partial charge in [-0.05, 0) is 55.7 Å². The highest BCUT2D eigenvalue weighted by atomic mass is 16.4. The summed E-state index contributed by atoms with van der Waals surface area (Å²) in [7, 11) is 0. The molecule has 0 aliphatic carbocycles. The monoisotopic (exact) mass is 1030 g/mol. The number of amides is 7. The number of benzene rings is 1. The van der Waals surface area contributed by atoms with Crippen molar-refractivity contribution in [2.45, 2.75) is 197 Å². The highest BCUT2D eigenvalue weighted by molar-refractivity contribution is 5.98. The van der Waals surface area contributed by atoms with Gasteiger partial charge in [-0.2, -0.15) is 0 Å². The van der Waals surface area contributed by atoms with Crippen LogP contribution in [-0.4, -0.2) is 190 Å². The lowest BCUT2D eigenvalue weighted by molar-refractivity contribution is -0.149. The Labute approximate surface area is 425 Å². The molecule has 1 aromatic rings. The van der Waals surface area contributed by atoms with Crippen LogP contribution in [0.3, 0.4) is 0 Å². The number of phenols is 1. The van der Waals surface area contributed by atoms with E-state index in [1.165, 1.54) is 30.7 Å². The summed E-state index contributed by atoms with van der Waals surface area (Å²) in [6, 6.07) is -5.64. The summed E-state index contributed by atoms with van der Waals surface area (Å²) in [5, 5.41) is 98.0. The molecule has 3 aliphatic rings. The maximum absolute atomic E-state index is 14.3. The van der Waals surface area contributed by atoms with E-state index in [0.717, 1.165) is 61.7 Å². The van der Waals surface area contributed by atoms with Gasteiger partial charge in [-0.25, -0.2) is 0 Å². The van der Waals surface area contributed by atoms with Gasteiger partial charge in [0.2, 0.25) is 41.4 Å². The smallest absolute Gasteiger partial charge is 0.306 e. The maximum Gasteiger partial charge on any atom is 0.306 e. The number of nitrogens with zero attached hydrogens (tertiary/aromatic N) is 2. The first-order chi connectivity index (χ1) is 34.5. The number of aromatic hydroxyl groups is 1. The molecule has 0 bridgehead atoms. The Kier molecular flexibility index (Phi) is 23.7. The SMILES string of the molecule is CCC(C)CC(C)CCCCCCCCC(=O)N[C@H]1C[C@@H](O)CNC(=O)[C@@H]2[C@@H](O)CCN2C(=O)[C@H]([C@H](O)CC(=O)O)NC(=O)[C@H]([C@H](O)Cc2ccc(O)cc2)NC(=O)[C@@H]2C[C@@H](O)CN2C(=O)[C@H]([C@@H](C)O)NC1=O. The Bertz CT molecular complexity index is 2030. The van der Waals surface area contributed by atoms with Crippen molar-refractivity contribution in [1.82, 2.24) is 36.4 Å². The molecule has 3 aliphatic heterocycles. The minimum Gasteiger partial charge on any atom is -0.508 e. The lowest BCUT2D eigenvalue weighted by atomic mass is 9.91. The van der Waals surface area contributed by atoms with E-state index in [9.17, 15) is 79.2 Å². The normalized spacial score (nSPS) is 28.0. The van der Waals surface area contributed by atoms with Crippen LogP contribution in [0.25, 0.3) is 0 Å². The third-order valence-electron chi connectivity index (χ3n) is 14.0. The standard InChI is InChI=1S/C50H79N7O16/c1-5-27(2)20-28(3)12-10-8-6-7-9-11-13-39(65)52-34-22-32(60)25-51-48(71)44-36(62)18-19-56(44)50(73)43(38(64)24-40(66)67)55-47(70)42(37(63)21-30-14-16-31(59)17-15-30)54-46(69)35-23-33(61)26-57(35)49(72)41(29(4)58)53-45(34)68/h14-17,27-29,32-38,41-44,58-64H,5-13,18-26H2,1-4H3,(H,51,71)(H,52,65)(H,53,68)(H,54,69)(H,55,70)(H,66,67)/t27?,28?,29-,32-,33-,34+,35+,36+,37-,38-,41+,42+,43+,44+/m1/s1. The first-order valence-electron chi connectivity index (χ1n) is 25.7. The van der Waals surface area contributed by atoms with Crippen molar-refractivity contribution in [3.63, 3.8) is 0 Å². The van der Waals surface area contributed by atoms with Gasteiger partial charge in [0.25, 0.3) is 0 Å². The highest BCUT2D eigenvalue weighted by Gasteiger charge is 2.48. The molecule has 3 fully saturated rings. The fourth-order valence-corrected chi connectivity index (χ4v) is 9.72. The number of hydrogen-bond acceptors (Lipinski definition) is 15. The summed E-state index contributed by atoms with van der Waals surface area (Å²) in [4.78, 5) is 112. The van der Waals surface area contributed by atoms with E-state index in [0.29, 0.717) is 23.8 Å². The predicted octanol–water partition coefficient (Wildman–Crippen LogP) is -1.55. The molecule has 4 rings (SSSR count). The van der Waals surface area contributed by atoms with Gasteiger partial charge in [0.05, 0.1) is 43.0 Å². The number of hydrogen-bond donors (Lipinski definition) is 13. The fourth-order valence-electron chi connectivity index (χ4n) is 9.72. The van der Waals surface area contributed by atoms with Crippen LogP contribution >= 0.6 is 0 Å². The average molecular weight is 1030 g/mol. The zero-order chi connectivity index (χ0) is 54.1. The van der Waals surface area contributed by atoms with E-state index in [1.807, 2.05) is 0 Å². The number of carbonyl (C=O) groups excluding carboxylic acids is 7. The number of phenolic OH excluding ortho intramolecular Hbond substituents is 1. The van der Waals surface area contributed by atoms with Crippen LogP contribution < -0.4 is 26.6 Å². The van der Waals surface area contributed by atoms with Crippen LogP contribution in [0.2, 0.25) is 0 Å². The largest absolute Gasteiger partial charge is 0.508 e. The van der Waals surface area contributed by atoms with Crippen LogP contribution in [0.1, 0.15) is 123 Å². The molecule has 0 saturated carbocycles. The van der Waals surface area contributed by atoms with Crippen molar-refractivity contribution in [3.05, 3.63) is 29.8 Å². The topological polar surface area (TPSA) is 365 Å². The molecular weight excluding hydrogens is 955 g/mol. The first kappa shape index (κ1) is 60.1. The van der Waals surface area contributed by atoms with E-state index in [2.05, 4.69) is 47.4 Å². The number of aliphatic carboxylic acids is 1. The summed E-state index contributed by atoms with van der Waals surface area (Å²) in [5.74, 6) is -7.89. The van der Waals surface area contributed by atoms with Crippen molar-refractivity contribution in [3.8, 4) is 5.75 Å². The van der Waals surface area contributed by atoms with E-state index in [4.69, 9.17) is 0 Å². The van der Waals surface area contributed by atoms with Crippen molar-refractivity contribution >= 4 is 47.3 Å². The minimum absolute atomic E-state index is 0.00263. The summed E-state index contributed by atoms with van der Waals surface area (Å²) in [6.45, 7) is 6.41. The molecule has 23 nitrogen and oxygen atoms in total. The molecule has 7 amide bonds. The minimum atomic E-state index is -2.19. The molecule has 0 aromatic heterocycles. The van der Waals surface area contributed by atoms with Crippen LogP contribution in [0.15, 0.2) is 24.3 Å². The molecular formula is C50H79N7O16. The average Bonchev–Trinajstić information content (AvgIpc) is 3.92. The molecule has 73 heavy (non-hydrogen) atoms. The second-order valence-electron chi connectivity index (χ2n) is 20.3. The van der Waals surface area contributed by atoms with Crippen molar-refractivity contribution in [2.24, 2.45) is 11.8 Å². The Morgan fingerprint density at radius 3 is 1.99 bits per heavy atom. The van der Waals surface area contributed by atoms with E-state index in [1.54, 1.807) is 0 Å². The third kappa shape index (κ3) is 18.2. The lowest BCUT2D eigenvalue weighted by Gasteiger charge is -2.33. The number of rotatable bonds is 20. The Morgan fingerprint density at radius 1 is 0.726 bits per heavy atom. The summed E-state index contributed by atoms with van der Waals surface area (Å²) in [6.07, 6.45) is -4.25. The van der Waals surface area contributed by atoms with Gasteiger partial charge in [-0.1, -0.05) is 77.8 Å². The zero-order valence-corrected chi connectivity index (χ0v) is 42.4. The third-order valence-corrected chi connectivity index (χ3v) is 14.0. The molecule has 13 N–H and O–H groups in total. The molecule has 2 unspecified atom stereocenters. The summed E-state index contributed by atoms with van der Waals surface area (Å²) < 4.78 is 0. The fraction of sp³-hybridized carbons (Fsp3) is 0.720. The van der Waals surface area contributed by atoms with Gasteiger partial charge >= 0.3 is 5.97 Å². The summed E-state index contributed by atoms with van der Waals surface area (Å²) in [5.41, 5.74) is 0.329. The second kappa shape index (κ2) is 28.8. The van der Waals surface area contributed by atoms with Crippen molar-refractivity contribution in [1.29, 1.82) is 0 Å². The molecule has 1 aromatic carbocycles. The quantitative estimate of drug-likeness (QED) is 0.0658. The lowest BCUT2D eigenvalue weighted by Crippen LogP contribution is -2.64. The number of unbranched alkanes of at least 4 members (excludes halogenated alkanes) is 5. The van der Waals surface area contributed by atoms with Gasteiger partial charge in [0.1, 0.15) is 42.0 Å². The number of aliphatic hydroxyl groups is 6. The first-order valence-corrected chi connectivity index (χ1v) is 25.7. The predicted molar refractivity (Wildman–Crippen MR) is 262 cm³/mol. The van der Waals surface area contributed by atoms with Crippen LogP contribution in [0, 0.1) is 11.8 Å². The number of carboxylic acids is 1. The Balaban J connectivity index is 1.65. The van der Waals surface area contributed by atoms with Crippen LogP contribution in [0.5, 0.6) is 5.75 Å². The Morgan fingerprint density at radius 2 is 1.34 bits per heavy atom. The number of nitrogens with one attached hydrogen (secondary N) is 5. The van der Waals surface area contributed by atoms with Gasteiger partial charge in [-0.3, -0.25) is 38.4 Å². The van der Waals surface area contributed by atoms with Gasteiger partial charge in [0, 0.05) is 45.3 Å². The number of aliphatic hydroxyl groups excluding tert-OH is 6. The van der Waals surface area contributed by atoms with Crippen molar-refractivity contribution < 1.29 is 79.2 Å². The number of carbonyl (C=O) groups is 8. The number of β-amino-alcohol motifs (C(OH)–C–C–N with tert-alkyl or cyclic N) is 1. The van der Waals surface area contributed by atoms with E-state index in [-0.39, 0.29) is 25.1 Å². The van der Waals surface area contributed by atoms with Crippen LogP contribution in [-0.2, 0) is 44.8 Å². The van der Waals surface area contributed by atoms with Gasteiger partial charge < -0.3 is 77.2 Å². The second-order valence-corrected chi connectivity index (χ2v) is 20.3. The number of carboxylic acid groups (broad SMARTS) is 1. The van der Waals surface area contributed by atoms with Gasteiger partial charge in [-0.15, -0.1) is 0 Å². The molecule has 23 heteroatoms. The molecule has 0 spiro atoms. The molecule has 0 radical (unpaired) electrons. The van der Waals surface area contributed by atoms with Crippen LogP contribution in [0.4, 0.5) is 0 Å². The highest BCUT2D eigenvalue weighted by Crippen LogP contribution is 2.25. The summed E-state index contributed by atoms with van der Waals surface area (Å²) >= 11 is 0. The molecule has 3 saturated heterocycles. The molecule has 14 atom stereocenters. The van der Waals surface area contributed by atoms with Gasteiger partial charge in [0.15, 0.2) is 0 Å². The van der Waals surface area contributed by atoms with E-state index >= 15 is 0 Å². The number of fused-ring (bicyclic) bond motifs is 2. The maximum atomic E-state index is 14.3. The van der Waals surface area contributed by atoms with Crippen molar-refractivity contribution in [2.75, 3.05) is 19.6 Å². The van der Waals surface area contributed by atoms with E-state index < -0.39 is 159 Å². The molecule has 410 valence electrons. The molecule has 3 heterocycles.